The van der Waals surface area contributed by atoms with Crippen LogP contribution in [0.15, 0.2) is 89.0 Å². The van der Waals surface area contributed by atoms with Crippen molar-refractivity contribution < 1.29 is 19.0 Å². The number of anilines is 1. The van der Waals surface area contributed by atoms with Crippen molar-refractivity contribution in [3.8, 4) is 28.6 Å². The molecule has 0 radical (unpaired) electrons. The lowest BCUT2D eigenvalue weighted by atomic mass is 10.1. The zero-order chi connectivity index (χ0) is 28.1. The van der Waals surface area contributed by atoms with Crippen molar-refractivity contribution in [2.24, 2.45) is 0 Å². The van der Waals surface area contributed by atoms with Crippen LogP contribution in [-0.2, 0) is 11.4 Å². The van der Waals surface area contributed by atoms with Gasteiger partial charge in [0.15, 0.2) is 17.2 Å². The van der Waals surface area contributed by atoms with Crippen molar-refractivity contribution in [3.05, 3.63) is 95.0 Å². The van der Waals surface area contributed by atoms with Gasteiger partial charge < -0.3 is 14.2 Å². The third kappa shape index (κ3) is 5.68. The Morgan fingerprint density at radius 1 is 1.15 bits per heavy atom. The van der Waals surface area contributed by atoms with Crippen LogP contribution in [-0.4, -0.2) is 34.0 Å². The molecule has 3 aromatic carbocycles. The lowest BCUT2D eigenvalue weighted by molar-refractivity contribution is -0.120. The Bertz CT molecular complexity index is 1540. The molecule has 8 nitrogen and oxygen atoms in total. The van der Waals surface area contributed by atoms with E-state index in [2.05, 4.69) is 37.7 Å². The lowest BCUT2D eigenvalue weighted by Gasteiger charge is -2.31. The van der Waals surface area contributed by atoms with E-state index in [1.54, 1.807) is 18.1 Å². The maximum atomic E-state index is 13.5. The number of hydrogen-bond acceptors (Lipinski definition) is 8. The summed E-state index contributed by atoms with van der Waals surface area (Å²) in [6.45, 7) is 5.95. The van der Waals surface area contributed by atoms with Gasteiger partial charge in [-0.25, -0.2) is 0 Å². The first-order valence-electron chi connectivity index (χ1n) is 12.6. The first kappa shape index (κ1) is 27.7. The highest BCUT2D eigenvalue weighted by Gasteiger charge is 2.36. The molecule has 2 heterocycles. The fourth-order valence-corrected chi connectivity index (χ4v) is 5.40. The van der Waals surface area contributed by atoms with Crippen LogP contribution in [0.5, 0.6) is 17.4 Å². The van der Waals surface area contributed by atoms with E-state index >= 15 is 0 Å². The van der Waals surface area contributed by atoms with Gasteiger partial charge in [-0.05, 0) is 39.7 Å². The van der Waals surface area contributed by atoms with Crippen molar-refractivity contribution >= 4 is 39.3 Å². The van der Waals surface area contributed by atoms with Crippen LogP contribution in [0.4, 0.5) is 5.69 Å². The number of hydrogen-bond donors (Lipinski definition) is 0. The van der Waals surface area contributed by atoms with E-state index in [-0.39, 0.29) is 18.2 Å². The SMILES string of the molecule is C=CCSc1nnc2c(n1)OC(c1cc(Br)c(OCc3ccccc3)c(OC)c1)N(C(=O)CC)c1ccccc1-2. The van der Waals surface area contributed by atoms with Gasteiger partial charge in [0.1, 0.15) is 6.61 Å². The number of aromatic nitrogens is 3. The maximum absolute atomic E-state index is 13.5. The number of nitrogens with zero attached hydrogens (tertiary/aromatic N) is 4. The Kier molecular flexibility index (Phi) is 8.66. The summed E-state index contributed by atoms with van der Waals surface area (Å²) < 4.78 is 19.1. The summed E-state index contributed by atoms with van der Waals surface area (Å²) in [5.74, 6) is 1.82. The van der Waals surface area contributed by atoms with Crippen molar-refractivity contribution in [1.29, 1.82) is 0 Å². The maximum Gasteiger partial charge on any atom is 0.247 e. The molecule has 40 heavy (non-hydrogen) atoms. The van der Waals surface area contributed by atoms with Gasteiger partial charge in [0, 0.05) is 23.3 Å². The molecule has 5 rings (SSSR count). The summed E-state index contributed by atoms with van der Waals surface area (Å²) in [4.78, 5) is 19.8. The standard InChI is InChI=1S/C30H27BrN4O4S/c1-4-15-40-30-32-28-26(33-34-30)21-13-9-10-14-23(21)35(25(36)5-2)29(39-28)20-16-22(31)27(24(17-20)37-3)38-18-19-11-7-6-8-12-19/h4,6-14,16-17,29H,1,5,15,18H2,2-3H3. The molecule has 204 valence electrons. The summed E-state index contributed by atoms with van der Waals surface area (Å²) in [6.07, 6.45) is 1.17. The predicted octanol–water partition coefficient (Wildman–Crippen LogP) is 7.00. The Morgan fingerprint density at radius 3 is 2.67 bits per heavy atom. The average Bonchev–Trinajstić information content (AvgIpc) is 3.13. The van der Waals surface area contributed by atoms with Crippen LogP contribution in [0.1, 0.15) is 30.7 Å². The van der Waals surface area contributed by atoms with Crippen LogP contribution in [0, 0.1) is 0 Å². The molecule has 0 spiro atoms. The minimum atomic E-state index is -0.864. The van der Waals surface area contributed by atoms with Gasteiger partial charge in [0.05, 0.1) is 17.3 Å². The first-order chi connectivity index (χ1) is 19.5. The molecule has 1 amide bonds. The smallest absolute Gasteiger partial charge is 0.247 e. The molecule has 1 atom stereocenters. The van der Waals surface area contributed by atoms with E-state index in [1.807, 2.05) is 73.7 Å². The first-order valence-corrected chi connectivity index (χ1v) is 14.4. The van der Waals surface area contributed by atoms with Gasteiger partial charge in [-0.15, -0.1) is 16.8 Å². The van der Waals surface area contributed by atoms with Gasteiger partial charge in [-0.3, -0.25) is 9.69 Å². The van der Waals surface area contributed by atoms with Crippen LogP contribution >= 0.6 is 27.7 Å². The minimum Gasteiger partial charge on any atom is -0.493 e. The molecule has 1 aromatic heterocycles. The van der Waals surface area contributed by atoms with Crippen LogP contribution < -0.4 is 19.1 Å². The van der Waals surface area contributed by atoms with Crippen molar-refractivity contribution in [2.45, 2.75) is 31.3 Å². The molecule has 0 fully saturated rings. The Morgan fingerprint density at radius 2 is 1.93 bits per heavy atom. The third-order valence-electron chi connectivity index (χ3n) is 6.18. The summed E-state index contributed by atoms with van der Waals surface area (Å²) in [6, 6.07) is 21.1. The van der Waals surface area contributed by atoms with E-state index in [9.17, 15) is 4.79 Å². The second-order valence-corrected chi connectivity index (χ2v) is 10.6. The molecule has 0 saturated heterocycles. The summed E-state index contributed by atoms with van der Waals surface area (Å²) >= 11 is 5.06. The molecule has 1 unspecified atom stereocenters. The van der Waals surface area contributed by atoms with E-state index in [1.165, 1.54) is 11.8 Å². The van der Waals surface area contributed by atoms with E-state index < -0.39 is 6.23 Å². The third-order valence-corrected chi connectivity index (χ3v) is 7.60. The van der Waals surface area contributed by atoms with Gasteiger partial charge in [0.25, 0.3) is 0 Å². The van der Waals surface area contributed by atoms with Gasteiger partial charge in [-0.2, -0.15) is 4.98 Å². The van der Waals surface area contributed by atoms with E-state index in [4.69, 9.17) is 14.2 Å². The Hall–Kier alpha value is -3.89. The fourth-order valence-electron chi connectivity index (χ4n) is 4.32. The Labute approximate surface area is 245 Å². The number of ether oxygens (including phenoxy) is 3. The molecule has 0 saturated carbocycles. The topological polar surface area (TPSA) is 86.7 Å². The number of para-hydroxylation sites is 1. The minimum absolute atomic E-state index is 0.126. The zero-order valence-corrected chi connectivity index (χ0v) is 24.4. The highest BCUT2D eigenvalue weighted by Crippen LogP contribution is 2.46. The summed E-state index contributed by atoms with van der Waals surface area (Å²) in [5.41, 5.74) is 3.51. The molecule has 0 bridgehead atoms. The van der Waals surface area contributed by atoms with Gasteiger partial charge >= 0.3 is 0 Å². The molecule has 1 aliphatic heterocycles. The molecule has 10 heteroatoms. The van der Waals surface area contributed by atoms with Crippen LogP contribution in [0.2, 0.25) is 0 Å². The zero-order valence-electron chi connectivity index (χ0n) is 22.0. The van der Waals surface area contributed by atoms with Gasteiger partial charge in [-0.1, -0.05) is 73.3 Å². The summed E-state index contributed by atoms with van der Waals surface area (Å²) in [5, 5.41) is 9.19. The second-order valence-electron chi connectivity index (χ2n) is 8.76. The largest absolute Gasteiger partial charge is 0.493 e. The quantitative estimate of drug-likeness (QED) is 0.146. The number of benzene rings is 3. The number of fused-ring (bicyclic) bond motifs is 3. The lowest BCUT2D eigenvalue weighted by Crippen LogP contribution is -2.37. The number of rotatable bonds is 9. The highest BCUT2D eigenvalue weighted by molar-refractivity contribution is 9.10. The number of thioether (sulfide) groups is 1. The van der Waals surface area contributed by atoms with E-state index in [0.29, 0.717) is 56.0 Å². The van der Waals surface area contributed by atoms with Crippen molar-refractivity contribution in [1.82, 2.24) is 15.2 Å². The molecule has 0 aliphatic carbocycles. The number of amides is 1. The molecule has 0 N–H and O–H groups in total. The number of carbonyl (C=O) groups is 1. The number of carbonyl (C=O) groups excluding carboxylic acids is 1. The van der Waals surface area contributed by atoms with Crippen LogP contribution in [0.25, 0.3) is 11.3 Å². The highest BCUT2D eigenvalue weighted by atomic mass is 79.9. The fraction of sp³-hybridized carbons (Fsp3) is 0.200. The second kappa shape index (κ2) is 12.5. The van der Waals surface area contributed by atoms with Gasteiger partial charge in [0.2, 0.25) is 23.2 Å². The number of methoxy groups -OCH3 is 1. The molecule has 1 aliphatic rings. The van der Waals surface area contributed by atoms with E-state index in [0.717, 1.165) is 5.56 Å². The monoisotopic (exact) mass is 618 g/mol. The van der Waals surface area contributed by atoms with Crippen LogP contribution in [0.3, 0.4) is 0 Å². The Balaban J connectivity index is 1.61. The molecular formula is C30H27BrN4O4S. The number of halogens is 1. The molecular weight excluding hydrogens is 592 g/mol. The van der Waals surface area contributed by atoms with Crippen molar-refractivity contribution in [3.63, 3.8) is 0 Å². The van der Waals surface area contributed by atoms with Crippen molar-refractivity contribution in [2.75, 3.05) is 17.8 Å². The normalized spacial score (nSPS) is 13.9. The summed E-state index contributed by atoms with van der Waals surface area (Å²) in [7, 11) is 1.58. The molecule has 4 aromatic rings. The predicted molar refractivity (Wildman–Crippen MR) is 159 cm³/mol. The average molecular weight is 620 g/mol.